The minimum atomic E-state index is -0.768. The van der Waals surface area contributed by atoms with Crippen LogP contribution in [0.2, 0.25) is 0 Å². The maximum absolute atomic E-state index is 11.7. The SMILES string of the molecule is CC(Cc1ccco1)N1CCc2sccc2C1C(=O)O. The number of carboxylic acid groups (broad SMARTS) is 1. The Morgan fingerprint density at radius 1 is 1.60 bits per heavy atom. The Balaban J connectivity index is 1.83. The highest BCUT2D eigenvalue weighted by atomic mass is 32.1. The van der Waals surface area contributed by atoms with Gasteiger partial charge in [-0.05, 0) is 42.5 Å². The molecule has 0 radical (unpaired) electrons. The topological polar surface area (TPSA) is 53.7 Å². The third-order valence-electron chi connectivity index (χ3n) is 3.88. The fraction of sp³-hybridized carbons (Fsp3) is 0.400. The van der Waals surface area contributed by atoms with E-state index in [9.17, 15) is 9.90 Å². The number of carbonyl (C=O) groups is 1. The van der Waals surface area contributed by atoms with Crippen molar-refractivity contribution >= 4 is 17.3 Å². The van der Waals surface area contributed by atoms with Crippen molar-refractivity contribution in [1.82, 2.24) is 4.90 Å². The molecular weight excluding hydrogens is 274 g/mol. The summed E-state index contributed by atoms with van der Waals surface area (Å²) in [5, 5.41) is 11.6. The number of carboxylic acids is 1. The molecule has 1 aliphatic rings. The van der Waals surface area contributed by atoms with Crippen molar-refractivity contribution in [2.75, 3.05) is 6.54 Å². The van der Waals surface area contributed by atoms with Crippen LogP contribution in [0.3, 0.4) is 0 Å². The zero-order valence-electron chi connectivity index (χ0n) is 11.3. The summed E-state index contributed by atoms with van der Waals surface area (Å²) < 4.78 is 5.37. The first kappa shape index (κ1) is 13.4. The highest BCUT2D eigenvalue weighted by Crippen LogP contribution is 2.35. The number of furan rings is 1. The van der Waals surface area contributed by atoms with Crippen LogP contribution < -0.4 is 0 Å². The van der Waals surface area contributed by atoms with E-state index >= 15 is 0 Å². The van der Waals surface area contributed by atoms with Gasteiger partial charge in [0.25, 0.3) is 0 Å². The van der Waals surface area contributed by atoms with Crippen LogP contribution in [0, 0.1) is 0 Å². The first-order chi connectivity index (χ1) is 9.66. The maximum atomic E-state index is 11.7. The van der Waals surface area contributed by atoms with E-state index < -0.39 is 12.0 Å². The molecule has 0 aliphatic carbocycles. The summed E-state index contributed by atoms with van der Waals surface area (Å²) in [6.07, 6.45) is 3.32. The fourth-order valence-corrected chi connectivity index (χ4v) is 3.83. The van der Waals surface area contributed by atoms with Crippen molar-refractivity contribution < 1.29 is 14.3 Å². The summed E-state index contributed by atoms with van der Waals surface area (Å²) >= 11 is 1.66. The summed E-state index contributed by atoms with van der Waals surface area (Å²) in [6.45, 7) is 2.85. The molecule has 2 atom stereocenters. The number of thiophene rings is 1. The summed E-state index contributed by atoms with van der Waals surface area (Å²) in [7, 11) is 0. The second-order valence-corrected chi connectivity index (χ2v) is 6.16. The molecule has 5 heteroatoms. The zero-order chi connectivity index (χ0) is 14.1. The molecule has 2 unspecified atom stereocenters. The van der Waals surface area contributed by atoms with Gasteiger partial charge in [-0.2, -0.15) is 0 Å². The van der Waals surface area contributed by atoms with E-state index in [2.05, 4.69) is 11.8 Å². The fourth-order valence-electron chi connectivity index (χ4n) is 2.92. The lowest BCUT2D eigenvalue weighted by Crippen LogP contribution is -2.45. The molecule has 0 saturated carbocycles. The first-order valence-electron chi connectivity index (χ1n) is 6.74. The lowest BCUT2D eigenvalue weighted by molar-refractivity contribution is -0.145. The summed E-state index contributed by atoms with van der Waals surface area (Å²) in [5.41, 5.74) is 0.958. The molecule has 2 aromatic rings. The minimum absolute atomic E-state index is 0.135. The van der Waals surface area contributed by atoms with Crippen LogP contribution in [0.25, 0.3) is 0 Å². The summed E-state index contributed by atoms with van der Waals surface area (Å²) in [5.74, 6) is 0.133. The average molecular weight is 291 g/mol. The van der Waals surface area contributed by atoms with Crippen molar-refractivity contribution in [1.29, 1.82) is 0 Å². The molecule has 1 aliphatic heterocycles. The molecule has 20 heavy (non-hydrogen) atoms. The Labute approximate surface area is 121 Å². The van der Waals surface area contributed by atoms with E-state index in [1.807, 2.05) is 23.6 Å². The molecule has 2 aromatic heterocycles. The molecule has 1 N–H and O–H groups in total. The predicted octanol–water partition coefficient (Wildman–Crippen LogP) is 2.96. The Hall–Kier alpha value is -1.59. The third kappa shape index (κ3) is 2.39. The van der Waals surface area contributed by atoms with E-state index in [0.29, 0.717) is 0 Å². The van der Waals surface area contributed by atoms with Crippen molar-refractivity contribution in [3.8, 4) is 0 Å². The van der Waals surface area contributed by atoms with Crippen molar-refractivity contribution in [3.63, 3.8) is 0 Å². The third-order valence-corrected chi connectivity index (χ3v) is 4.88. The monoisotopic (exact) mass is 291 g/mol. The van der Waals surface area contributed by atoms with Crippen molar-refractivity contribution in [2.45, 2.75) is 31.8 Å². The van der Waals surface area contributed by atoms with Crippen LogP contribution in [0.15, 0.2) is 34.3 Å². The van der Waals surface area contributed by atoms with Crippen LogP contribution in [-0.4, -0.2) is 28.6 Å². The number of aliphatic carboxylic acids is 1. The number of nitrogens with zero attached hydrogens (tertiary/aromatic N) is 1. The molecule has 0 spiro atoms. The minimum Gasteiger partial charge on any atom is -0.480 e. The van der Waals surface area contributed by atoms with Gasteiger partial charge in [-0.15, -0.1) is 11.3 Å². The van der Waals surface area contributed by atoms with Crippen LogP contribution in [0.1, 0.15) is 29.2 Å². The molecule has 0 saturated heterocycles. The Morgan fingerprint density at radius 3 is 3.15 bits per heavy atom. The molecule has 4 nitrogen and oxygen atoms in total. The van der Waals surface area contributed by atoms with Crippen LogP contribution >= 0.6 is 11.3 Å². The largest absolute Gasteiger partial charge is 0.480 e. The smallest absolute Gasteiger partial charge is 0.325 e. The van der Waals surface area contributed by atoms with Crippen LogP contribution in [-0.2, 0) is 17.6 Å². The molecule has 106 valence electrons. The molecule has 3 rings (SSSR count). The van der Waals surface area contributed by atoms with Gasteiger partial charge in [0.15, 0.2) is 0 Å². The Morgan fingerprint density at radius 2 is 2.45 bits per heavy atom. The highest BCUT2D eigenvalue weighted by Gasteiger charge is 2.36. The van der Waals surface area contributed by atoms with E-state index in [0.717, 1.165) is 30.7 Å². The maximum Gasteiger partial charge on any atom is 0.325 e. The Bertz CT molecular complexity index is 590. The standard InChI is InChI=1S/C15H17NO3S/c1-10(9-11-3-2-7-19-11)16-6-4-13-12(5-8-20-13)14(16)15(17)18/h2-3,5,7-8,10,14H,4,6,9H2,1H3,(H,17,18). The number of fused-ring (bicyclic) bond motifs is 1. The van der Waals surface area contributed by atoms with Gasteiger partial charge in [0.05, 0.1) is 6.26 Å². The molecule has 0 aromatic carbocycles. The number of rotatable bonds is 4. The number of hydrogen-bond acceptors (Lipinski definition) is 4. The lowest BCUT2D eigenvalue weighted by Gasteiger charge is -2.37. The van der Waals surface area contributed by atoms with E-state index in [-0.39, 0.29) is 6.04 Å². The van der Waals surface area contributed by atoms with Gasteiger partial charge in [0, 0.05) is 23.9 Å². The first-order valence-corrected chi connectivity index (χ1v) is 7.62. The predicted molar refractivity (Wildman–Crippen MR) is 77.0 cm³/mol. The van der Waals surface area contributed by atoms with Crippen LogP contribution in [0.4, 0.5) is 0 Å². The molecule has 3 heterocycles. The Kier molecular flexibility index (Phi) is 3.63. The molecule has 0 amide bonds. The zero-order valence-corrected chi connectivity index (χ0v) is 12.1. The number of hydrogen-bond donors (Lipinski definition) is 1. The van der Waals surface area contributed by atoms with E-state index in [1.54, 1.807) is 17.6 Å². The van der Waals surface area contributed by atoms with Gasteiger partial charge in [-0.25, -0.2) is 0 Å². The van der Waals surface area contributed by atoms with Crippen LogP contribution in [0.5, 0.6) is 0 Å². The molecule has 0 bridgehead atoms. The molecular formula is C15H17NO3S. The summed E-state index contributed by atoms with van der Waals surface area (Å²) in [6, 6.07) is 5.35. The van der Waals surface area contributed by atoms with Gasteiger partial charge < -0.3 is 9.52 Å². The van der Waals surface area contributed by atoms with Gasteiger partial charge in [0.2, 0.25) is 0 Å². The van der Waals surface area contributed by atoms with Gasteiger partial charge in [-0.3, -0.25) is 9.69 Å². The van der Waals surface area contributed by atoms with Crippen molar-refractivity contribution in [3.05, 3.63) is 46.0 Å². The lowest BCUT2D eigenvalue weighted by atomic mass is 9.97. The molecule has 0 fully saturated rings. The van der Waals surface area contributed by atoms with Crippen molar-refractivity contribution in [2.24, 2.45) is 0 Å². The normalized spacial score (nSPS) is 20.6. The van der Waals surface area contributed by atoms with Gasteiger partial charge in [-0.1, -0.05) is 0 Å². The van der Waals surface area contributed by atoms with Gasteiger partial charge >= 0.3 is 5.97 Å². The quantitative estimate of drug-likeness (QED) is 0.941. The second kappa shape index (κ2) is 5.42. The van der Waals surface area contributed by atoms with Gasteiger partial charge in [0.1, 0.15) is 11.8 Å². The summed E-state index contributed by atoms with van der Waals surface area (Å²) in [4.78, 5) is 14.9. The van der Waals surface area contributed by atoms with E-state index in [4.69, 9.17) is 4.42 Å². The second-order valence-electron chi connectivity index (χ2n) is 5.16. The van der Waals surface area contributed by atoms with E-state index in [1.165, 1.54) is 4.88 Å². The average Bonchev–Trinajstić information content (AvgIpc) is 3.06. The highest BCUT2D eigenvalue weighted by molar-refractivity contribution is 7.10.